The second-order valence-corrected chi connectivity index (χ2v) is 3.85. The average molecular weight is 264 g/mol. The van der Waals surface area contributed by atoms with Gasteiger partial charge in [-0.1, -0.05) is 6.07 Å². The topological polar surface area (TPSA) is 52.1 Å². The van der Waals surface area contributed by atoms with E-state index in [9.17, 15) is 13.6 Å². The number of benzene rings is 1. The molecule has 0 saturated carbocycles. The zero-order valence-corrected chi connectivity index (χ0v) is 10.3. The molecule has 6 heteroatoms. The number of carbonyl (C=O) groups is 1. The number of hydrogen-bond acceptors (Lipinski definition) is 4. The molecule has 0 radical (unpaired) electrons. The SMILES string of the molecule is COc1ccc(C(=O)c2ccc(C)c(F)c2F)nn1. The summed E-state index contributed by atoms with van der Waals surface area (Å²) in [6.07, 6.45) is 0. The number of ether oxygens (including phenoxy) is 1. The fourth-order valence-electron chi connectivity index (χ4n) is 1.51. The molecule has 0 aliphatic carbocycles. The molecule has 0 aliphatic heterocycles. The van der Waals surface area contributed by atoms with Crippen molar-refractivity contribution >= 4 is 5.78 Å². The largest absolute Gasteiger partial charge is 0.480 e. The van der Waals surface area contributed by atoms with Gasteiger partial charge in [-0.15, -0.1) is 10.2 Å². The van der Waals surface area contributed by atoms with Gasteiger partial charge in [0, 0.05) is 6.07 Å². The Hall–Kier alpha value is -2.37. The van der Waals surface area contributed by atoms with Crippen molar-refractivity contribution in [3.63, 3.8) is 0 Å². The Labute approximate surface area is 108 Å². The van der Waals surface area contributed by atoms with Crippen molar-refractivity contribution in [1.29, 1.82) is 0 Å². The van der Waals surface area contributed by atoms with Gasteiger partial charge in [0.25, 0.3) is 0 Å². The van der Waals surface area contributed by atoms with Crippen LogP contribution in [0.3, 0.4) is 0 Å². The molecule has 0 atom stereocenters. The first-order chi connectivity index (χ1) is 9.04. The molecule has 0 fully saturated rings. The lowest BCUT2D eigenvalue weighted by atomic mass is 10.0. The van der Waals surface area contributed by atoms with Gasteiger partial charge in [0.15, 0.2) is 11.6 Å². The van der Waals surface area contributed by atoms with Gasteiger partial charge >= 0.3 is 0 Å². The number of halogens is 2. The Morgan fingerprint density at radius 2 is 1.84 bits per heavy atom. The van der Waals surface area contributed by atoms with Gasteiger partial charge in [0.1, 0.15) is 5.69 Å². The summed E-state index contributed by atoms with van der Waals surface area (Å²) in [6, 6.07) is 5.32. The van der Waals surface area contributed by atoms with Crippen molar-refractivity contribution in [2.24, 2.45) is 0 Å². The van der Waals surface area contributed by atoms with E-state index >= 15 is 0 Å². The maximum Gasteiger partial charge on any atom is 0.233 e. The molecule has 0 spiro atoms. The van der Waals surface area contributed by atoms with Crippen molar-refractivity contribution in [2.75, 3.05) is 7.11 Å². The molecule has 0 unspecified atom stereocenters. The van der Waals surface area contributed by atoms with Crippen LogP contribution in [0.4, 0.5) is 8.78 Å². The molecule has 1 aromatic heterocycles. The van der Waals surface area contributed by atoms with Gasteiger partial charge < -0.3 is 4.74 Å². The number of methoxy groups -OCH3 is 1. The van der Waals surface area contributed by atoms with E-state index < -0.39 is 17.4 Å². The quantitative estimate of drug-likeness (QED) is 0.798. The van der Waals surface area contributed by atoms with Crippen LogP contribution >= 0.6 is 0 Å². The first-order valence-electron chi connectivity index (χ1n) is 5.41. The van der Waals surface area contributed by atoms with Crippen LogP contribution in [-0.4, -0.2) is 23.1 Å². The van der Waals surface area contributed by atoms with E-state index in [1.54, 1.807) is 0 Å². The monoisotopic (exact) mass is 264 g/mol. The van der Waals surface area contributed by atoms with Crippen LogP contribution in [0.25, 0.3) is 0 Å². The third-order valence-corrected chi connectivity index (χ3v) is 2.60. The van der Waals surface area contributed by atoms with E-state index in [0.29, 0.717) is 0 Å². The lowest BCUT2D eigenvalue weighted by Gasteiger charge is -2.05. The predicted octanol–water partition coefficient (Wildman–Crippen LogP) is 2.30. The average Bonchev–Trinajstić information content (AvgIpc) is 2.44. The van der Waals surface area contributed by atoms with E-state index in [-0.39, 0.29) is 22.7 Å². The Kier molecular flexibility index (Phi) is 3.50. The summed E-state index contributed by atoms with van der Waals surface area (Å²) in [6.45, 7) is 1.42. The van der Waals surface area contributed by atoms with Crippen molar-refractivity contribution < 1.29 is 18.3 Å². The molecule has 2 rings (SSSR count). The number of hydrogen-bond donors (Lipinski definition) is 0. The third kappa shape index (κ3) is 2.42. The van der Waals surface area contributed by atoms with Crippen LogP contribution in [0.1, 0.15) is 21.6 Å². The van der Waals surface area contributed by atoms with Crippen molar-refractivity contribution in [1.82, 2.24) is 10.2 Å². The van der Waals surface area contributed by atoms with E-state index in [0.717, 1.165) is 0 Å². The van der Waals surface area contributed by atoms with Crippen LogP contribution in [0.15, 0.2) is 24.3 Å². The molecule has 0 bridgehead atoms. The van der Waals surface area contributed by atoms with Crippen molar-refractivity contribution in [3.8, 4) is 5.88 Å². The summed E-state index contributed by atoms with van der Waals surface area (Å²) in [5.74, 6) is -2.71. The molecule has 0 saturated heterocycles. The molecule has 0 aliphatic rings. The Bertz CT molecular complexity index is 627. The lowest BCUT2D eigenvalue weighted by Crippen LogP contribution is -2.09. The Balaban J connectivity index is 2.41. The highest BCUT2D eigenvalue weighted by Gasteiger charge is 2.19. The normalized spacial score (nSPS) is 10.3. The fourth-order valence-corrected chi connectivity index (χ4v) is 1.51. The fraction of sp³-hybridized carbons (Fsp3) is 0.154. The molecular weight excluding hydrogens is 254 g/mol. The minimum atomic E-state index is -1.18. The van der Waals surface area contributed by atoms with E-state index in [2.05, 4.69) is 10.2 Å². The number of rotatable bonds is 3. The number of nitrogens with zero attached hydrogens (tertiary/aromatic N) is 2. The minimum absolute atomic E-state index is 0.0806. The van der Waals surface area contributed by atoms with Gasteiger partial charge in [0.2, 0.25) is 11.7 Å². The maximum absolute atomic E-state index is 13.7. The standard InChI is InChI=1S/C13H10F2N2O2/c1-7-3-4-8(12(15)11(7)14)13(18)9-5-6-10(19-2)17-16-9/h3-6H,1-2H3. The Morgan fingerprint density at radius 1 is 1.11 bits per heavy atom. The number of ketones is 1. The minimum Gasteiger partial charge on any atom is -0.480 e. The summed E-state index contributed by atoms with van der Waals surface area (Å²) in [7, 11) is 1.40. The van der Waals surface area contributed by atoms with Crippen molar-refractivity contribution in [3.05, 3.63) is 52.7 Å². The lowest BCUT2D eigenvalue weighted by molar-refractivity contribution is 0.102. The van der Waals surface area contributed by atoms with Crippen LogP contribution in [-0.2, 0) is 0 Å². The maximum atomic E-state index is 13.7. The summed E-state index contributed by atoms with van der Waals surface area (Å²) >= 11 is 0. The van der Waals surface area contributed by atoms with Gasteiger partial charge in [-0.2, -0.15) is 0 Å². The molecule has 0 N–H and O–H groups in total. The number of aromatic nitrogens is 2. The smallest absolute Gasteiger partial charge is 0.233 e. The third-order valence-electron chi connectivity index (χ3n) is 2.60. The first-order valence-corrected chi connectivity index (χ1v) is 5.41. The van der Waals surface area contributed by atoms with E-state index in [1.165, 1.54) is 38.3 Å². The molecule has 1 heterocycles. The molecule has 0 amide bonds. The van der Waals surface area contributed by atoms with Crippen molar-refractivity contribution in [2.45, 2.75) is 6.92 Å². The second-order valence-electron chi connectivity index (χ2n) is 3.85. The summed E-state index contributed by atoms with van der Waals surface area (Å²) in [5, 5.41) is 7.21. The summed E-state index contributed by atoms with van der Waals surface area (Å²) in [4.78, 5) is 12.0. The summed E-state index contributed by atoms with van der Waals surface area (Å²) < 4.78 is 31.9. The summed E-state index contributed by atoms with van der Waals surface area (Å²) in [5.41, 5.74) is -0.319. The zero-order valence-electron chi connectivity index (χ0n) is 10.3. The second kappa shape index (κ2) is 5.09. The molecule has 2 aromatic rings. The molecule has 1 aromatic carbocycles. The highest BCUT2D eigenvalue weighted by Crippen LogP contribution is 2.18. The van der Waals surface area contributed by atoms with Crippen LogP contribution < -0.4 is 4.74 Å². The van der Waals surface area contributed by atoms with Gasteiger partial charge in [0.05, 0.1) is 12.7 Å². The van der Waals surface area contributed by atoms with E-state index in [4.69, 9.17) is 4.74 Å². The Morgan fingerprint density at radius 3 is 2.42 bits per heavy atom. The number of aryl methyl sites for hydroxylation is 1. The van der Waals surface area contributed by atoms with Crippen LogP contribution in [0.2, 0.25) is 0 Å². The highest BCUT2D eigenvalue weighted by molar-refractivity contribution is 6.07. The zero-order chi connectivity index (χ0) is 14.0. The van der Waals surface area contributed by atoms with Gasteiger partial charge in [-0.3, -0.25) is 4.79 Å². The predicted molar refractivity (Wildman–Crippen MR) is 63.1 cm³/mol. The molecule has 4 nitrogen and oxygen atoms in total. The highest BCUT2D eigenvalue weighted by atomic mass is 19.2. The van der Waals surface area contributed by atoms with Gasteiger partial charge in [-0.25, -0.2) is 8.78 Å². The number of carbonyl (C=O) groups excluding carboxylic acids is 1. The molecule has 19 heavy (non-hydrogen) atoms. The van der Waals surface area contributed by atoms with E-state index in [1.807, 2.05) is 0 Å². The first kappa shape index (κ1) is 13.1. The molecule has 98 valence electrons. The van der Waals surface area contributed by atoms with Crippen LogP contribution in [0, 0.1) is 18.6 Å². The van der Waals surface area contributed by atoms with Crippen LogP contribution in [0.5, 0.6) is 5.88 Å². The molecular formula is C13H10F2N2O2. The van der Waals surface area contributed by atoms with Gasteiger partial charge in [-0.05, 0) is 24.6 Å².